The van der Waals surface area contributed by atoms with Crippen LogP contribution in [0.25, 0.3) is 5.69 Å². The molecule has 3 aromatic rings. The molecule has 2 heterocycles. The molecule has 0 radical (unpaired) electrons. The van der Waals surface area contributed by atoms with Gasteiger partial charge in [-0.05, 0) is 52.9 Å². The van der Waals surface area contributed by atoms with Gasteiger partial charge in [0.05, 0.1) is 16.6 Å². The van der Waals surface area contributed by atoms with Crippen molar-refractivity contribution in [3.63, 3.8) is 0 Å². The first kappa shape index (κ1) is 17.5. The lowest BCUT2D eigenvalue weighted by atomic mass is 10.2. The Balaban J connectivity index is 1.39. The molecule has 0 aliphatic carbocycles. The number of hydrogen-bond donors (Lipinski definition) is 2. The van der Waals surface area contributed by atoms with Crippen molar-refractivity contribution in [3.05, 3.63) is 53.8 Å². The zero-order valence-corrected chi connectivity index (χ0v) is 15.4. The number of nitrogens with one attached hydrogen (secondary N) is 2. The average Bonchev–Trinajstić information content (AvgIpc) is 3.18. The molecule has 1 aromatic heterocycles. The maximum Gasteiger partial charge on any atom is 0.238 e. The smallest absolute Gasteiger partial charge is 0.238 e. The summed E-state index contributed by atoms with van der Waals surface area (Å²) in [6.45, 7) is 0. The number of fused-ring (bicyclic) bond motifs is 1. The quantitative estimate of drug-likeness (QED) is 0.698. The summed E-state index contributed by atoms with van der Waals surface area (Å²) in [5.41, 5.74) is 2.08. The minimum absolute atomic E-state index is 0.0628. The van der Waals surface area contributed by atoms with Crippen molar-refractivity contribution < 1.29 is 9.59 Å². The van der Waals surface area contributed by atoms with Gasteiger partial charge in [-0.15, -0.1) is 16.9 Å². The van der Waals surface area contributed by atoms with E-state index in [0.717, 1.165) is 10.6 Å². The van der Waals surface area contributed by atoms with E-state index in [0.29, 0.717) is 16.4 Å². The number of tetrazole rings is 1. The Hall–Kier alpha value is -2.91. The first-order valence-electron chi connectivity index (χ1n) is 7.99. The van der Waals surface area contributed by atoms with Crippen LogP contribution < -0.4 is 10.6 Å². The highest BCUT2D eigenvalue weighted by Crippen LogP contribution is 2.38. The van der Waals surface area contributed by atoms with Crippen molar-refractivity contribution >= 4 is 46.6 Å². The van der Waals surface area contributed by atoms with Gasteiger partial charge in [-0.3, -0.25) is 9.59 Å². The van der Waals surface area contributed by atoms with Crippen molar-refractivity contribution in [2.45, 2.75) is 16.6 Å². The summed E-state index contributed by atoms with van der Waals surface area (Å²) in [5, 5.41) is 16.6. The Kier molecular flexibility index (Phi) is 4.78. The van der Waals surface area contributed by atoms with Crippen LogP contribution in [-0.4, -0.2) is 37.3 Å². The van der Waals surface area contributed by atoms with Crippen molar-refractivity contribution in [3.8, 4) is 5.69 Å². The Morgan fingerprint density at radius 1 is 1.26 bits per heavy atom. The second-order valence-corrected chi connectivity index (χ2v) is 7.47. The second kappa shape index (κ2) is 7.37. The van der Waals surface area contributed by atoms with Crippen LogP contribution >= 0.6 is 23.4 Å². The van der Waals surface area contributed by atoms with E-state index in [1.54, 1.807) is 36.4 Å². The van der Waals surface area contributed by atoms with Crippen LogP contribution in [0.4, 0.5) is 11.4 Å². The molecular weight excluding hydrogens is 388 g/mol. The molecule has 0 bridgehead atoms. The number of amides is 2. The zero-order valence-electron chi connectivity index (χ0n) is 13.8. The van der Waals surface area contributed by atoms with E-state index >= 15 is 0 Å². The van der Waals surface area contributed by atoms with E-state index < -0.39 is 5.25 Å². The lowest BCUT2D eigenvalue weighted by Crippen LogP contribution is -2.32. The maximum absolute atomic E-state index is 12.3. The van der Waals surface area contributed by atoms with E-state index in [1.165, 1.54) is 22.8 Å². The van der Waals surface area contributed by atoms with Gasteiger partial charge in [0.2, 0.25) is 11.8 Å². The number of aromatic nitrogens is 4. The molecule has 27 heavy (non-hydrogen) atoms. The molecule has 136 valence electrons. The Morgan fingerprint density at radius 3 is 2.81 bits per heavy atom. The van der Waals surface area contributed by atoms with Crippen LogP contribution in [0.5, 0.6) is 0 Å². The largest absolute Gasteiger partial charge is 0.326 e. The Labute approximate surface area is 163 Å². The average molecular weight is 401 g/mol. The van der Waals surface area contributed by atoms with Gasteiger partial charge in [0.1, 0.15) is 6.33 Å². The topological polar surface area (TPSA) is 102 Å². The van der Waals surface area contributed by atoms with Gasteiger partial charge in [0, 0.05) is 22.0 Å². The number of hydrogen-bond acceptors (Lipinski definition) is 6. The number of rotatable bonds is 4. The predicted molar refractivity (Wildman–Crippen MR) is 102 cm³/mol. The summed E-state index contributed by atoms with van der Waals surface area (Å²) in [7, 11) is 0. The molecule has 0 saturated carbocycles. The fraction of sp³-hybridized carbons (Fsp3) is 0.118. The fourth-order valence-electron chi connectivity index (χ4n) is 2.61. The van der Waals surface area contributed by atoms with Crippen molar-refractivity contribution in [1.29, 1.82) is 0 Å². The SMILES string of the molecule is O=C(C[C@@H]1Sc2ccc(Cl)cc2NC1=O)Nc1ccc(-n2cnnn2)cc1. The fourth-order valence-corrected chi connectivity index (χ4v) is 3.88. The molecule has 0 fully saturated rings. The molecule has 0 spiro atoms. The standard InChI is InChI=1S/C17H13ClN6O2S/c18-10-1-6-14-13(7-10)21-17(26)15(27-14)8-16(25)20-11-2-4-12(5-3-11)24-9-19-22-23-24/h1-7,9,15H,8H2,(H,20,25)(H,21,26)/t15-/m0/s1. The Morgan fingerprint density at radius 2 is 2.07 bits per heavy atom. The van der Waals surface area contributed by atoms with Crippen molar-refractivity contribution in [2.24, 2.45) is 0 Å². The minimum atomic E-state index is -0.501. The summed E-state index contributed by atoms with van der Waals surface area (Å²) < 4.78 is 1.51. The van der Waals surface area contributed by atoms with Crippen LogP contribution in [0.1, 0.15) is 6.42 Å². The van der Waals surface area contributed by atoms with Crippen LogP contribution in [0.15, 0.2) is 53.7 Å². The third-order valence-corrected chi connectivity index (χ3v) is 5.41. The predicted octanol–water partition coefficient (Wildman–Crippen LogP) is 2.76. The van der Waals surface area contributed by atoms with Gasteiger partial charge < -0.3 is 10.6 Å². The first-order chi connectivity index (χ1) is 13.1. The number of halogens is 1. The van der Waals surface area contributed by atoms with Gasteiger partial charge in [-0.1, -0.05) is 11.6 Å². The van der Waals surface area contributed by atoms with Gasteiger partial charge >= 0.3 is 0 Å². The highest BCUT2D eigenvalue weighted by atomic mass is 35.5. The molecule has 2 amide bonds. The summed E-state index contributed by atoms with van der Waals surface area (Å²) in [5.74, 6) is -0.450. The van der Waals surface area contributed by atoms with E-state index in [1.807, 2.05) is 6.07 Å². The van der Waals surface area contributed by atoms with Gasteiger partial charge in [-0.25, -0.2) is 4.68 Å². The van der Waals surface area contributed by atoms with Gasteiger partial charge in [-0.2, -0.15) is 0 Å². The maximum atomic E-state index is 12.3. The normalized spacial score (nSPS) is 15.7. The number of carbonyl (C=O) groups is 2. The molecule has 1 aliphatic heterocycles. The van der Waals surface area contributed by atoms with Crippen LogP contribution in [0.3, 0.4) is 0 Å². The molecule has 1 aliphatic rings. The lowest BCUT2D eigenvalue weighted by molar-refractivity contribution is -0.120. The molecule has 2 N–H and O–H groups in total. The summed E-state index contributed by atoms with van der Waals surface area (Å²) in [6, 6.07) is 12.4. The number of thioether (sulfide) groups is 1. The number of nitrogens with zero attached hydrogens (tertiary/aromatic N) is 4. The minimum Gasteiger partial charge on any atom is -0.326 e. The highest BCUT2D eigenvalue weighted by Gasteiger charge is 2.29. The third kappa shape index (κ3) is 3.93. The van der Waals surface area contributed by atoms with Gasteiger partial charge in [0.15, 0.2) is 0 Å². The van der Waals surface area contributed by atoms with E-state index in [2.05, 4.69) is 26.2 Å². The monoisotopic (exact) mass is 400 g/mol. The lowest BCUT2D eigenvalue weighted by Gasteiger charge is -2.23. The second-order valence-electron chi connectivity index (χ2n) is 5.79. The number of anilines is 2. The molecule has 4 rings (SSSR count). The molecule has 10 heteroatoms. The summed E-state index contributed by atoms with van der Waals surface area (Å²) >= 11 is 7.30. The van der Waals surface area contributed by atoms with Crippen molar-refractivity contribution in [2.75, 3.05) is 10.6 Å². The molecule has 2 aromatic carbocycles. The van der Waals surface area contributed by atoms with E-state index in [9.17, 15) is 9.59 Å². The van der Waals surface area contributed by atoms with Crippen molar-refractivity contribution in [1.82, 2.24) is 20.2 Å². The van der Waals surface area contributed by atoms with Crippen LogP contribution in [-0.2, 0) is 9.59 Å². The first-order valence-corrected chi connectivity index (χ1v) is 9.24. The molecule has 8 nitrogen and oxygen atoms in total. The summed E-state index contributed by atoms with van der Waals surface area (Å²) in [6.07, 6.45) is 1.55. The molecular formula is C17H13ClN6O2S. The number of benzene rings is 2. The van der Waals surface area contributed by atoms with E-state index in [4.69, 9.17) is 11.6 Å². The third-order valence-electron chi connectivity index (χ3n) is 3.90. The molecule has 0 saturated heterocycles. The highest BCUT2D eigenvalue weighted by molar-refractivity contribution is 8.01. The molecule has 1 atom stereocenters. The summed E-state index contributed by atoms with van der Waals surface area (Å²) in [4.78, 5) is 25.5. The number of carbonyl (C=O) groups excluding carboxylic acids is 2. The molecule has 0 unspecified atom stereocenters. The Bertz CT molecular complexity index is 993. The van der Waals surface area contributed by atoms with E-state index in [-0.39, 0.29) is 18.2 Å². The zero-order chi connectivity index (χ0) is 18.8. The van der Waals surface area contributed by atoms with Crippen LogP contribution in [0, 0.1) is 0 Å². The van der Waals surface area contributed by atoms with Crippen LogP contribution in [0.2, 0.25) is 5.02 Å². The van der Waals surface area contributed by atoms with Gasteiger partial charge in [0.25, 0.3) is 0 Å².